The Morgan fingerprint density at radius 3 is 2.48 bits per heavy atom. The third-order valence-corrected chi connectivity index (χ3v) is 3.57. The topological polar surface area (TPSA) is 155 Å². The second kappa shape index (κ2) is 11.6. The van der Waals surface area contributed by atoms with Crippen LogP contribution in [0.15, 0.2) is 12.1 Å². The second-order valence-corrected chi connectivity index (χ2v) is 7.50. The van der Waals surface area contributed by atoms with Crippen LogP contribution >= 0.6 is 7.82 Å². The third-order valence-electron chi connectivity index (χ3n) is 2.59. The summed E-state index contributed by atoms with van der Waals surface area (Å²) in [6, 6.07) is 0. The predicted octanol–water partition coefficient (Wildman–Crippen LogP) is -1.52. The van der Waals surface area contributed by atoms with Gasteiger partial charge in [-0.3, -0.25) is 9.05 Å². The highest BCUT2D eigenvalue weighted by Crippen LogP contribution is 2.43. The highest BCUT2D eigenvalue weighted by molar-refractivity contribution is 7.47. The third kappa shape index (κ3) is 15.0. The van der Waals surface area contributed by atoms with Crippen molar-refractivity contribution in [1.29, 1.82) is 0 Å². The van der Waals surface area contributed by atoms with E-state index in [1.54, 1.807) is 0 Å². The zero-order chi connectivity index (χ0) is 19.5. The number of rotatable bonds is 12. The molecule has 0 aliphatic rings. The van der Waals surface area contributed by atoms with Gasteiger partial charge in [0.05, 0.1) is 34.4 Å². The first kappa shape index (κ1) is 24.0. The predicted molar refractivity (Wildman–Crippen MR) is 89.3 cm³/mol. The van der Waals surface area contributed by atoms with Crippen molar-refractivity contribution in [3.8, 4) is 0 Å². The maximum atomic E-state index is 11.7. The highest BCUT2D eigenvalue weighted by Gasteiger charge is 2.25. The van der Waals surface area contributed by atoms with Crippen LogP contribution in [-0.2, 0) is 18.3 Å². The number of carbonyl (C=O) groups excluding carboxylic acids is 1. The van der Waals surface area contributed by atoms with Crippen LogP contribution in [0.25, 0.3) is 0 Å². The molecule has 0 saturated heterocycles. The Morgan fingerprint density at radius 1 is 1.32 bits per heavy atom. The lowest BCUT2D eigenvalue weighted by molar-refractivity contribution is -0.870. The number of ether oxygens (including phenoxy) is 1. The average Bonchev–Trinajstić information content (AvgIpc) is 2.46. The highest BCUT2D eigenvalue weighted by atomic mass is 31.2. The molecule has 11 nitrogen and oxygen atoms in total. The number of likely N-dealkylation sites (N-methyl/N-ethyl adjacent to an activating group) is 1. The van der Waals surface area contributed by atoms with E-state index in [-0.39, 0.29) is 13.2 Å². The number of hydrogen-bond donors (Lipinski definition) is 5. The van der Waals surface area contributed by atoms with E-state index in [9.17, 15) is 14.3 Å². The summed E-state index contributed by atoms with van der Waals surface area (Å²) in [5.41, 5.74) is 0. The van der Waals surface area contributed by atoms with Gasteiger partial charge < -0.3 is 34.6 Å². The van der Waals surface area contributed by atoms with Gasteiger partial charge in [-0.2, -0.15) is 0 Å². The maximum Gasteiger partial charge on any atom is 0.480 e. The molecule has 0 fully saturated rings. The molecule has 0 aromatic carbocycles. The van der Waals surface area contributed by atoms with Crippen LogP contribution in [0.3, 0.4) is 0 Å². The number of nitrogens with one attached hydrogen (secondary N) is 1. The van der Waals surface area contributed by atoms with E-state index in [0.717, 1.165) is 5.98 Å². The van der Waals surface area contributed by atoms with Crippen molar-refractivity contribution in [2.24, 2.45) is 0 Å². The van der Waals surface area contributed by atoms with Gasteiger partial charge in [0.2, 0.25) is 0 Å². The number of phosphoric acid groups is 1. The van der Waals surface area contributed by atoms with Crippen molar-refractivity contribution in [2.45, 2.75) is 6.10 Å². The van der Waals surface area contributed by atoms with Gasteiger partial charge in [-0.1, -0.05) is 12.1 Å². The van der Waals surface area contributed by atoms with Gasteiger partial charge in [-0.15, -0.1) is 0 Å². The molecule has 2 unspecified atom stereocenters. The first-order valence-electron chi connectivity index (χ1n) is 7.45. The van der Waals surface area contributed by atoms with E-state index in [2.05, 4.69) is 5.32 Å². The molecule has 1 amide bonds. The minimum absolute atomic E-state index is 0.00848. The Balaban J connectivity index is 4.18. The molecule has 5 N–H and O–H groups in total. The first-order chi connectivity index (χ1) is 11.4. The molecule has 0 aliphatic carbocycles. The minimum Gasteiger partial charge on any atom is -0.441 e. The number of amides is 1. The van der Waals surface area contributed by atoms with E-state index in [1.807, 2.05) is 21.1 Å². The summed E-state index contributed by atoms with van der Waals surface area (Å²) >= 11 is 0. The van der Waals surface area contributed by atoms with Crippen molar-refractivity contribution in [3.05, 3.63) is 12.1 Å². The molecule has 0 aliphatic heterocycles. The van der Waals surface area contributed by atoms with Gasteiger partial charge in [0, 0.05) is 6.54 Å². The van der Waals surface area contributed by atoms with E-state index in [1.165, 1.54) is 6.08 Å². The number of quaternary nitrogens is 1. The summed E-state index contributed by atoms with van der Waals surface area (Å²) < 4.78 is 26.5. The fourth-order valence-corrected chi connectivity index (χ4v) is 2.04. The molecule has 0 saturated carbocycles. The molecule has 0 bridgehead atoms. The Labute approximate surface area is 147 Å². The van der Waals surface area contributed by atoms with Crippen LogP contribution in [0.5, 0.6) is 0 Å². The second-order valence-electron chi connectivity index (χ2n) is 6.04. The fourth-order valence-electron chi connectivity index (χ4n) is 1.29. The summed E-state index contributed by atoms with van der Waals surface area (Å²) in [7, 11) is -0.300. The van der Waals surface area contributed by atoms with Crippen molar-refractivity contribution < 1.29 is 47.7 Å². The van der Waals surface area contributed by atoms with Crippen LogP contribution < -0.4 is 5.32 Å². The monoisotopic (exact) mass is 385 g/mol. The minimum atomic E-state index is -4.33. The Hall–Kier alpha value is -0.975. The molecular formula is C12H27BN2O9P+. The Morgan fingerprint density at radius 2 is 1.96 bits per heavy atom. The molecule has 0 spiro atoms. The summed E-state index contributed by atoms with van der Waals surface area (Å²) in [6.45, 7) is -0.732. The lowest BCUT2D eigenvalue weighted by atomic mass is 9.92. The van der Waals surface area contributed by atoms with E-state index in [0.29, 0.717) is 11.0 Å². The van der Waals surface area contributed by atoms with Crippen molar-refractivity contribution >= 4 is 21.0 Å². The summed E-state index contributed by atoms with van der Waals surface area (Å²) in [5.74, 6) is 1.03. The summed E-state index contributed by atoms with van der Waals surface area (Å²) in [5, 5.41) is 28.5. The fraction of sp³-hybridized carbons (Fsp3) is 0.750. The molecule has 146 valence electrons. The van der Waals surface area contributed by atoms with Crippen LogP contribution in [0.1, 0.15) is 0 Å². The molecule has 0 rings (SSSR count). The Kier molecular flexibility index (Phi) is 11.2. The van der Waals surface area contributed by atoms with Gasteiger partial charge >= 0.3 is 21.0 Å². The molecule has 25 heavy (non-hydrogen) atoms. The number of carbonyl (C=O) groups is 1. The number of alkyl carbamates (subject to hydrolysis) is 1. The summed E-state index contributed by atoms with van der Waals surface area (Å²) in [4.78, 5) is 21.0. The quantitative estimate of drug-likeness (QED) is 0.153. The van der Waals surface area contributed by atoms with Gasteiger partial charge in [0.1, 0.15) is 13.2 Å². The molecule has 2 atom stereocenters. The van der Waals surface area contributed by atoms with Crippen molar-refractivity contribution in [3.63, 3.8) is 0 Å². The number of aliphatic hydroxyl groups is 1. The number of aliphatic hydroxyl groups excluding tert-OH is 1. The van der Waals surface area contributed by atoms with Gasteiger partial charge in [-0.05, 0) is 0 Å². The molecule has 0 radical (unpaired) electrons. The normalized spacial score (nSPS) is 15.6. The average molecular weight is 385 g/mol. The van der Waals surface area contributed by atoms with Crippen LogP contribution in [-0.4, -0.2) is 97.9 Å². The lowest BCUT2D eigenvalue weighted by Gasteiger charge is -2.24. The lowest BCUT2D eigenvalue weighted by Crippen LogP contribution is -2.37. The molecule has 13 heteroatoms. The zero-order valence-corrected chi connectivity index (χ0v) is 15.5. The molecular weight excluding hydrogens is 358 g/mol. The van der Waals surface area contributed by atoms with Crippen LogP contribution in [0.2, 0.25) is 0 Å². The standard InChI is InChI=1S/C12H26BN2O9P/c1-15(2,3)7-8-22-25(20,21)23-10-11(9-16)24-12(17)14-6-4-5-13(18)19/h4-5,11,16,18-19H,6-10H2,1-3H3,(H-,14,17,20,21)/p+1/b5-4+. The smallest absolute Gasteiger partial charge is 0.441 e. The van der Waals surface area contributed by atoms with Crippen molar-refractivity contribution in [2.75, 3.05) is 54.1 Å². The van der Waals surface area contributed by atoms with E-state index >= 15 is 0 Å². The first-order valence-corrected chi connectivity index (χ1v) is 8.95. The largest absolute Gasteiger partial charge is 0.480 e. The van der Waals surface area contributed by atoms with Crippen LogP contribution in [0.4, 0.5) is 4.79 Å². The summed E-state index contributed by atoms with van der Waals surface area (Å²) in [6.07, 6.45) is -0.812. The van der Waals surface area contributed by atoms with Crippen LogP contribution in [0, 0.1) is 0 Å². The maximum absolute atomic E-state index is 11.7. The number of nitrogens with zero attached hydrogens (tertiary/aromatic N) is 1. The van der Waals surface area contributed by atoms with E-state index in [4.69, 9.17) is 28.9 Å². The zero-order valence-electron chi connectivity index (χ0n) is 14.6. The van der Waals surface area contributed by atoms with E-state index < -0.39 is 40.4 Å². The molecule has 0 heterocycles. The molecule has 0 aromatic rings. The van der Waals surface area contributed by atoms with Gasteiger partial charge in [0.15, 0.2) is 6.10 Å². The number of phosphoric ester groups is 1. The molecule has 0 aromatic heterocycles. The van der Waals surface area contributed by atoms with Gasteiger partial charge in [-0.25, -0.2) is 9.36 Å². The van der Waals surface area contributed by atoms with Gasteiger partial charge in [0.25, 0.3) is 0 Å². The number of hydrogen-bond acceptors (Lipinski definition) is 8. The SMILES string of the molecule is C[N+](C)(C)CCOP(=O)(O)OCC(CO)OC(=O)NC/C=C/B(O)O. The Bertz CT molecular complexity index is 470. The van der Waals surface area contributed by atoms with Crippen molar-refractivity contribution in [1.82, 2.24) is 5.32 Å².